The molecule has 6 nitrogen and oxygen atoms in total. The summed E-state index contributed by atoms with van der Waals surface area (Å²) in [7, 11) is 6.91. The highest BCUT2D eigenvalue weighted by molar-refractivity contribution is 9.10. The second-order valence-electron chi connectivity index (χ2n) is 4.60. The molecule has 0 spiro atoms. The van der Waals surface area contributed by atoms with E-state index in [9.17, 15) is 10.1 Å². The van der Waals surface area contributed by atoms with Crippen molar-refractivity contribution in [1.82, 2.24) is 4.90 Å². The number of hydrogen-bond donors (Lipinski definition) is 0. The van der Waals surface area contributed by atoms with Crippen molar-refractivity contribution in [3.8, 4) is 11.5 Å². The number of methoxy groups -OCH3 is 2. The minimum atomic E-state index is -0.392. The Morgan fingerprint density at radius 3 is 2.45 bits per heavy atom. The van der Waals surface area contributed by atoms with Gasteiger partial charge in [0, 0.05) is 5.56 Å². The molecule has 0 aliphatic carbocycles. The molecule has 7 heteroatoms. The van der Waals surface area contributed by atoms with Crippen LogP contribution >= 0.6 is 15.9 Å². The predicted molar refractivity (Wildman–Crippen MR) is 80.8 cm³/mol. The Morgan fingerprint density at radius 2 is 2.00 bits per heavy atom. The fourth-order valence-electron chi connectivity index (χ4n) is 1.96. The Morgan fingerprint density at radius 1 is 1.35 bits per heavy atom. The van der Waals surface area contributed by atoms with Crippen LogP contribution in [0.3, 0.4) is 0 Å². The highest BCUT2D eigenvalue weighted by atomic mass is 79.9. The molecule has 1 aromatic rings. The van der Waals surface area contributed by atoms with E-state index in [1.165, 1.54) is 14.2 Å². The number of aryl methyl sites for hydroxylation is 1. The molecule has 0 N–H and O–H groups in total. The quantitative estimate of drug-likeness (QED) is 0.561. The molecule has 0 heterocycles. The molecule has 0 atom stereocenters. The molecule has 0 radical (unpaired) electrons. The molecule has 1 rings (SSSR count). The number of ether oxygens (including phenoxy) is 2. The molecule has 0 bridgehead atoms. The van der Waals surface area contributed by atoms with Gasteiger partial charge in [0.05, 0.1) is 19.1 Å². The first-order valence-corrected chi connectivity index (χ1v) is 6.94. The summed E-state index contributed by atoms with van der Waals surface area (Å²) >= 11 is 3.25. The van der Waals surface area contributed by atoms with Crippen molar-refractivity contribution in [2.24, 2.45) is 0 Å². The van der Waals surface area contributed by atoms with E-state index in [0.717, 1.165) is 13.0 Å². The van der Waals surface area contributed by atoms with Gasteiger partial charge in [0.1, 0.15) is 4.47 Å². The second kappa shape index (κ2) is 7.44. The molecule has 0 aliphatic rings. The maximum Gasteiger partial charge on any atom is 0.290 e. The van der Waals surface area contributed by atoms with Crippen LogP contribution in [0.2, 0.25) is 0 Å². The molecular weight excluding hydrogens is 328 g/mol. The molecular formula is C13H19BrN2O4. The first kappa shape index (κ1) is 16.7. The summed E-state index contributed by atoms with van der Waals surface area (Å²) in [5.41, 5.74) is 0.683. The van der Waals surface area contributed by atoms with Crippen LogP contribution < -0.4 is 9.47 Å². The summed E-state index contributed by atoms with van der Waals surface area (Å²) in [6, 6.07) is 1.68. The molecule has 0 aromatic heterocycles. The standard InChI is InChI=1S/C13H19BrN2O4/c1-15(2)7-5-6-9-8-10(19-3)13(20-4)11(14)12(9)16(17)18/h8H,5-7H2,1-4H3. The normalized spacial score (nSPS) is 10.7. The Kier molecular flexibility index (Phi) is 6.22. The lowest BCUT2D eigenvalue weighted by atomic mass is 10.1. The molecule has 0 aliphatic heterocycles. The van der Waals surface area contributed by atoms with Gasteiger partial charge in [0.2, 0.25) is 0 Å². The first-order valence-electron chi connectivity index (χ1n) is 6.14. The third-order valence-corrected chi connectivity index (χ3v) is 3.63. The zero-order valence-corrected chi connectivity index (χ0v) is 13.7. The van der Waals surface area contributed by atoms with Gasteiger partial charge in [-0.15, -0.1) is 0 Å². The molecule has 0 saturated heterocycles. The Bertz CT molecular complexity index is 492. The highest BCUT2D eigenvalue weighted by Crippen LogP contribution is 2.44. The van der Waals surface area contributed by atoms with Crippen molar-refractivity contribution in [2.75, 3.05) is 34.9 Å². The van der Waals surface area contributed by atoms with Crippen LogP contribution in [0, 0.1) is 10.1 Å². The van der Waals surface area contributed by atoms with Gasteiger partial charge in [-0.1, -0.05) is 0 Å². The van der Waals surface area contributed by atoms with Crippen LogP contribution in [0.1, 0.15) is 12.0 Å². The zero-order valence-electron chi connectivity index (χ0n) is 12.1. The van der Waals surface area contributed by atoms with Gasteiger partial charge in [-0.25, -0.2) is 0 Å². The Balaban J connectivity index is 3.20. The molecule has 0 saturated carbocycles. The van der Waals surface area contributed by atoms with E-state index >= 15 is 0 Å². The maximum absolute atomic E-state index is 11.3. The van der Waals surface area contributed by atoms with E-state index in [-0.39, 0.29) is 5.69 Å². The topological polar surface area (TPSA) is 64.8 Å². The molecule has 0 amide bonds. The number of halogens is 1. The first-order chi connectivity index (χ1) is 9.42. The molecule has 0 unspecified atom stereocenters. The smallest absolute Gasteiger partial charge is 0.290 e. The number of hydrogen-bond acceptors (Lipinski definition) is 5. The fourth-order valence-corrected chi connectivity index (χ4v) is 2.72. The summed E-state index contributed by atoms with van der Waals surface area (Å²) in [4.78, 5) is 12.9. The third-order valence-electron chi connectivity index (χ3n) is 2.90. The number of nitrogens with zero attached hydrogens (tertiary/aromatic N) is 2. The lowest BCUT2D eigenvalue weighted by Crippen LogP contribution is -2.14. The monoisotopic (exact) mass is 346 g/mol. The van der Waals surface area contributed by atoms with Crippen molar-refractivity contribution < 1.29 is 14.4 Å². The molecule has 0 fully saturated rings. The van der Waals surface area contributed by atoms with Crippen LogP contribution in [-0.4, -0.2) is 44.7 Å². The van der Waals surface area contributed by atoms with Crippen LogP contribution in [0.15, 0.2) is 10.5 Å². The number of rotatable bonds is 7. The van der Waals surface area contributed by atoms with E-state index < -0.39 is 4.92 Å². The fraction of sp³-hybridized carbons (Fsp3) is 0.538. The van der Waals surface area contributed by atoms with E-state index in [4.69, 9.17) is 9.47 Å². The zero-order chi connectivity index (χ0) is 15.3. The Hall–Kier alpha value is -1.34. The maximum atomic E-state index is 11.3. The van der Waals surface area contributed by atoms with Crippen molar-refractivity contribution in [3.05, 3.63) is 26.2 Å². The molecule has 1 aromatic carbocycles. The van der Waals surface area contributed by atoms with E-state index in [2.05, 4.69) is 15.9 Å². The summed E-state index contributed by atoms with van der Waals surface area (Å²) in [6.07, 6.45) is 1.43. The second-order valence-corrected chi connectivity index (χ2v) is 5.39. The van der Waals surface area contributed by atoms with Crippen LogP contribution in [0.5, 0.6) is 11.5 Å². The molecule has 112 valence electrons. The number of nitro benzene ring substituents is 1. The van der Waals surface area contributed by atoms with E-state index in [1.54, 1.807) is 6.07 Å². The van der Waals surface area contributed by atoms with Crippen LogP contribution in [0.25, 0.3) is 0 Å². The SMILES string of the molecule is COc1cc(CCCN(C)C)c([N+](=O)[O-])c(Br)c1OC. The third kappa shape index (κ3) is 3.83. The summed E-state index contributed by atoms with van der Waals surface area (Å²) in [5, 5.41) is 11.3. The predicted octanol–water partition coefficient (Wildman–Crippen LogP) is 2.87. The van der Waals surface area contributed by atoms with Gasteiger partial charge in [0.15, 0.2) is 11.5 Å². The van der Waals surface area contributed by atoms with Gasteiger partial charge in [-0.05, 0) is 55.5 Å². The van der Waals surface area contributed by atoms with Crippen molar-refractivity contribution in [3.63, 3.8) is 0 Å². The number of benzene rings is 1. The minimum absolute atomic E-state index is 0.0430. The Labute approximate surface area is 126 Å². The van der Waals surface area contributed by atoms with Gasteiger partial charge < -0.3 is 14.4 Å². The van der Waals surface area contributed by atoms with Crippen LogP contribution in [-0.2, 0) is 6.42 Å². The molecule has 20 heavy (non-hydrogen) atoms. The lowest BCUT2D eigenvalue weighted by Gasteiger charge is -2.14. The van der Waals surface area contributed by atoms with E-state index in [1.807, 2.05) is 19.0 Å². The summed E-state index contributed by atoms with van der Waals surface area (Å²) in [6.45, 7) is 0.864. The summed E-state index contributed by atoms with van der Waals surface area (Å²) in [5.74, 6) is 0.834. The van der Waals surface area contributed by atoms with Gasteiger partial charge >= 0.3 is 0 Å². The summed E-state index contributed by atoms with van der Waals surface area (Å²) < 4.78 is 10.7. The lowest BCUT2D eigenvalue weighted by molar-refractivity contribution is -0.386. The average Bonchev–Trinajstić information content (AvgIpc) is 2.37. The van der Waals surface area contributed by atoms with Crippen LogP contribution in [0.4, 0.5) is 5.69 Å². The number of nitro groups is 1. The largest absolute Gasteiger partial charge is 0.493 e. The van der Waals surface area contributed by atoms with Crippen molar-refractivity contribution >= 4 is 21.6 Å². The van der Waals surface area contributed by atoms with Crippen molar-refractivity contribution in [1.29, 1.82) is 0 Å². The average molecular weight is 347 g/mol. The van der Waals surface area contributed by atoms with E-state index in [0.29, 0.717) is 28.0 Å². The van der Waals surface area contributed by atoms with Crippen molar-refractivity contribution in [2.45, 2.75) is 12.8 Å². The van der Waals surface area contributed by atoms with Gasteiger partial charge in [-0.2, -0.15) is 0 Å². The highest BCUT2D eigenvalue weighted by Gasteiger charge is 2.25. The minimum Gasteiger partial charge on any atom is -0.493 e. The van der Waals surface area contributed by atoms with Gasteiger partial charge in [-0.3, -0.25) is 10.1 Å². The van der Waals surface area contributed by atoms with Gasteiger partial charge in [0.25, 0.3) is 5.69 Å².